The second-order valence-corrected chi connectivity index (χ2v) is 9.12. The first-order chi connectivity index (χ1) is 14.4. The van der Waals surface area contributed by atoms with E-state index >= 15 is 0 Å². The summed E-state index contributed by atoms with van der Waals surface area (Å²) in [6, 6.07) is 1.21. The van der Waals surface area contributed by atoms with Gasteiger partial charge in [0.05, 0.1) is 11.1 Å². The van der Waals surface area contributed by atoms with Crippen LogP contribution in [0, 0.1) is 5.41 Å². The number of hydrogen-bond acceptors (Lipinski definition) is 3. The van der Waals surface area contributed by atoms with Gasteiger partial charge in [0, 0.05) is 25.0 Å². The highest BCUT2D eigenvalue weighted by Gasteiger charge is 2.40. The average Bonchev–Trinajstić information content (AvgIpc) is 2.63. The normalized spacial score (nSPS) is 17.1. The van der Waals surface area contributed by atoms with Crippen LogP contribution in [0.5, 0.6) is 0 Å². The molecule has 1 fully saturated rings. The smallest absolute Gasteiger partial charge is 0.416 e. The number of likely N-dealkylation sites (tertiary alicyclic amines) is 1. The lowest BCUT2D eigenvalue weighted by Crippen LogP contribution is -2.49. The van der Waals surface area contributed by atoms with Crippen LogP contribution >= 0.6 is 0 Å². The fraction of sp³-hybridized carbons (Fsp3) is 0.619. The lowest BCUT2D eigenvalue weighted by molar-refractivity contribution is -0.143. The maximum Gasteiger partial charge on any atom is 0.416 e. The van der Waals surface area contributed by atoms with Crippen molar-refractivity contribution >= 4 is 12.0 Å². The number of amides is 2. The summed E-state index contributed by atoms with van der Waals surface area (Å²) in [5.74, 6) is -0.507. The molecule has 32 heavy (non-hydrogen) atoms. The fourth-order valence-corrected chi connectivity index (χ4v) is 3.25. The van der Waals surface area contributed by atoms with Gasteiger partial charge in [-0.2, -0.15) is 26.3 Å². The van der Waals surface area contributed by atoms with Crippen LogP contribution in [0.3, 0.4) is 0 Å². The van der Waals surface area contributed by atoms with E-state index in [1.54, 1.807) is 27.7 Å². The number of carbonyl (C=O) groups is 2. The van der Waals surface area contributed by atoms with Crippen LogP contribution in [0.1, 0.15) is 57.2 Å². The van der Waals surface area contributed by atoms with Gasteiger partial charge in [-0.15, -0.1) is 0 Å². The van der Waals surface area contributed by atoms with Gasteiger partial charge in [0.2, 0.25) is 5.91 Å². The van der Waals surface area contributed by atoms with E-state index in [0.29, 0.717) is 12.1 Å². The molecule has 1 aromatic carbocycles. The monoisotopic (exact) mass is 468 g/mol. The van der Waals surface area contributed by atoms with Gasteiger partial charge in [-0.25, -0.2) is 4.79 Å². The van der Waals surface area contributed by atoms with Crippen molar-refractivity contribution in [2.24, 2.45) is 5.41 Å². The molecular formula is C21H26F6N2O3. The van der Waals surface area contributed by atoms with Crippen LogP contribution in [0.2, 0.25) is 0 Å². The van der Waals surface area contributed by atoms with Crippen molar-refractivity contribution in [1.82, 2.24) is 10.2 Å². The van der Waals surface area contributed by atoms with E-state index in [9.17, 15) is 35.9 Å². The second kappa shape index (κ2) is 8.82. The summed E-state index contributed by atoms with van der Waals surface area (Å²) >= 11 is 0. The van der Waals surface area contributed by atoms with E-state index < -0.39 is 53.0 Å². The molecule has 180 valence electrons. The third-order valence-corrected chi connectivity index (χ3v) is 5.17. The standard InChI is InChI=1S/C21H26F6N2O3/c1-18(2,3)32-17(31)29-7-5-19(4,6-8-29)16(30)28-12-13-9-14(20(22,23)24)11-15(10-13)21(25,26)27/h9-11H,5-8,12H2,1-4H3,(H,28,30). The van der Waals surface area contributed by atoms with Gasteiger partial charge in [-0.1, -0.05) is 6.92 Å². The number of piperidine rings is 1. The molecule has 0 bridgehead atoms. The molecule has 1 aromatic rings. The second-order valence-electron chi connectivity index (χ2n) is 9.12. The molecule has 0 unspecified atom stereocenters. The molecule has 1 aliphatic heterocycles. The van der Waals surface area contributed by atoms with Crippen molar-refractivity contribution in [2.75, 3.05) is 13.1 Å². The maximum atomic E-state index is 13.0. The van der Waals surface area contributed by atoms with Gasteiger partial charge >= 0.3 is 18.4 Å². The molecule has 0 atom stereocenters. The molecule has 2 rings (SSSR count). The zero-order valence-electron chi connectivity index (χ0n) is 18.2. The van der Waals surface area contributed by atoms with Crippen LogP contribution in [-0.2, 0) is 28.4 Å². The Morgan fingerprint density at radius 1 is 0.969 bits per heavy atom. The minimum Gasteiger partial charge on any atom is -0.444 e. The molecule has 0 spiro atoms. The number of alkyl halides is 6. The highest BCUT2D eigenvalue weighted by Crippen LogP contribution is 2.37. The summed E-state index contributed by atoms with van der Waals surface area (Å²) in [4.78, 5) is 26.3. The molecule has 0 aliphatic carbocycles. The summed E-state index contributed by atoms with van der Waals surface area (Å²) in [6.45, 7) is 6.81. The Labute approximate surface area is 182 Å². The summed E-state index contributed by atoms with van der Waals surface area (Å²) in [7, 11) is 0. The Morgan fingerprint density at radius 2 is 1.44 bits per heavy atom. The Hall–Kier alpha value is -2.46. The summed E-state index contributed by atoms with van der Waals surface area (Å²) in [5.41, 5.74) is -4.78. The van der Waals surface area contributed by atoms with E-state index in [1.165, 1.54) is 4.90 Å². The van der Waals surface area contributed by atoms with Crippen molar-refractivity contribution in [3.8, 4) is 0 Å². The van der Waals surface area contributed by atoms with Crippen molar-refractivity contribution < 1.29 is 40.7 Å². The minimum absolute atomic E-state index is 0.0407. The van der Waals surface area contributed by atoms with Crippen LogP contribution in [0.4, 0.5) is 31.1 Å². The maximum absolute atomic E-state index is 13.0. The van der Waals surface area contributed by atoms with Crippen molar-refractivity contribution in [3.63, 3.8) is 0 Å². The van der Waals surface area contributed by atoms with Crippen LogP contribution < -0.4 is 5.32 Å². The van der Waals surface area contributed by atoms with Crippen molar-refractivity contribution in [1.29, 1.82) is 0 Å². The lowest BCUT2D eigenvalue weighted by atomic mass is 9.79. The SMILES string of the molecule is CC(C)(C)OC(=O)N1CCC(C)(C(=O)NCc2cc(C(F)(F)F)cc(C(F)(F)F)c2)CC1. The predicted octanol–water partition coefficient (Wildman–Crippen LogP) is 5.38. The quantitative estimate of drug-likeness (QED) is 0.607. The fourth-order valence-electron chi connectivity index (χ4n) is 3.25. The topological polar surface area (TPSA) is 58.6 Å². The largest absolute Gasteiger partial charge is 0.444 e. The van der Waals surface area contributed by atoms with E-state index in [-0.39, 0.29) is 37.6 Å². The van der Waals surface area contributed by atoms with Crippen LogP contribution in [-0.4, -0.2) is 35.6 Å². The Bertz CT molecular complexity index is 818. The van der Waals surface area contributed by atoms with Gasteiger partial charge in [0.25, 0.3) is 0 Å². The third kappa shape index (κ3) is 6.77. The zero-order valence-corrected chi connectivity index (χ0v) is 18.2. The van der Waals surface area contributed by atoms with E-state index in [1.807, 2.05) is 0 Å². The van der Waals surface area contributed by atoms with Gasteiger partial charge < -0.3 is 15.0 Å². The highest BCUT2D eigenvalue weighted by molar-refractivity contribution is 5.82. The van der Waals surface area contributed by atoms with Gasteiger partial charge in [0.15, 0.2) is 0 Å². The van der Waals surface area contributed by atoms with E-state index in [4.69, 9.17) is 4.74 Å². The number of nitrogens with one attached hydrogen (secondary N) is 1. The Morgan fingerprint density at radius 3 is 1.84 bits per heavy atom. The van der Waals surface area contributed by atoms with Gasteiger partial charge in [0.1, 0.15) is 5.60 Å². The molecule has 1 heterocycles. The molecule has 11 heteroatoms. The number of benzene rings is 1. The molecule has 5 nitrogen and oxygen atoms in total. The molecule has 2 amide bonds. The minimum atomic E-state index is -4.96. The zero-order chi connectivity index (χ0) is 24.5. The summed E-state index contributed by atoms with van der Waals surface area (Å²) in [5, 5.41) is 2.44. The average molecular weight is 468 g/mol. The lowest BCUT2D eigenvalue weighted by Gasteiger charge is -2.38. The van der Waals surface area contributed by atoms with Gasteiger partial charge in [-0.05, 0) is 57.4 Å². The predicted molar refractivity (Wildman–Crippen MR) is 103 cm³/mol. The molecule has 1 aliphatic rings. The molecule has 0 saturated carbocycles. The molecule has 0 radical (unpaired) electrons. The first kappa shape index (κ1) is 25.8. The summed E-state index contributed by atoms with van der Waals surface area (Å²) in [6.07, 6.45) is -9.88. The summed E-state index contributed by atoms with van der Waals surface area (Å²) < 4.78 is 83.3. The number of halogens is 6. The van der Waals surface area contributed by atoms with Crippen LogP contribution in [0.25, 0.3) is 0 Å². The Balaban J connectivity index is 2.06. The van der Waals surface area contributed by atoms with Crippen molar-refractivity contribution in [3.05, 3.63) is 34.9 Å². The molecule has 0 aromatic heterocycles. The number of rotatable bonds is 3. The number of ether oxygens (including phenoxy) is 1. The molecular weight excluding hydrogens is 442 g/mol. The number of carbonyl (C=O) groups excluding carboxylic acids is 2. The third-order valence-electron chi connectivity index (χ3n) is 5.17. The number of hydrogen-bond donors (Lipinski definition) is 1. The van der Waals surface area contributed by atoms with E-state index in [2.05, 4.69) is 5.32 Å². The van der Waals surface area contributed by atoms with Crippen LogP contribution in [0.15, 0.2) is 18.2 Å². The van der Waals surface area contributed by atoms with Crippen molar-refractivity contribution in [2.45, 2.75) is 65.0 Å². The number of nitrogens with zero attached hydrogens (tertiary/aromatic N) is 1. The molecule has 1 N–H and O–H groups in total. The van der Waals surface area contributed by atoms with E-state index in [0.717, 1.165) is 0 Å². The highest BCUT2D eigenvalue weighted by atomic mass is 19.4. The first-order valence-electron chi connectivity index (χ1n) is 9.95. The van der Waals surface area contributed by atoms with Gasteiger partial charge in [-0.3, -0.25) is 4.79 Å². The first-order valence-corrected chi connectivity index (χ1v) is 9.95. The Kier molecular flexibility index (Phi) is 7.11. The molecule has 1 saturated heterocycles.